The molecule has 5 atom stereocenters. The zero-order valence-corrected chi connectivity index (χ0v) is 16.9. The number of ketones is 1. The van der Waals surface area contributed by atoms with Gasteiger partial charge in [-0.25, -0.2) is 4.67 Å². The van der Waals surface area contributed by atoms with Gasteiger partial charge in [-0.3, -0.25) is 4.79 Å². The van der Waals surface area contributed by atoms with Crippen LogP contribution in [0.1, 0.15) is 46.5 Å². The molecule has 2 aliphatic heterocycles. The van der Waals surface area contributed by atoms with E-state index in [4.69, 9.17) is 4.52 Å². The second-order valence-electron chi connectivity index (χ2n) is 9.26. The van der Waals surface area contributed by atoms with Crippen molar-refractivity contribution < 1.29 is 9.32 Å². The third-order valence-corrected chi connectivity index (χ3v) is 9.92. The molecule has 2 saturated heterocycles. The van der Waals surface area contributed by atoms with Crippen LogP contribution in [-0.4, -0.2) is 35.2 Å². The van der Waals surface area contributed by atoms with Gasteiger partial charge in [-0.2, -0.15) is 0 Å². The SMILES string of the molecule is CC1(C)[C@@H]2CC(=O)[C@@](C)(OP3N(c4ccccc4)C[C@H]4CCCN43)[C@H]1C2. The highest BCUT2D eigenvalue weighted by Crippen LogP contribution is 2.67. The van der Waals surface area contributed by atoms with Gasteiger partial charge in [0.2, 0.25) is 8.45 Å². The number of carbonyl (C=O) groups excluding carboxylic acids is 1. The first kappa shape index (κ1) is 17.2. The number of rotatable bonds is 3. The monoisotopic (exact) mass is 372 g/mol. The Morgan fingerprint density at radius 3 is 2.69 bits per heavy atom. The van der Waals surface area contributed by atoms with E-state index >= 15 is 0 Å². The van der Waals surface area contributed by atoms with E-state index in [0.29, 0.717) is 30.1 Å². The molecule has 0 radical (unpaired) electrons. The Bertz CT molecular complexity index is 724. The minimum absolute atomic E-state index is 0.222. The summed E-state index contributed by atoms with van der Waals surface area (Å²) in [6.07, 6.45) is 4.33. The molecule has 1 unspecified atom stereocenters. The molecule has 3 saturated carbocycles. The topological polar surface area (TPSA) is 32.8 Å². The van der Waals surface area contributed by atoms with Crippen LogP contribution in [0.25, 0.3) is 0 Å². The predicted octanol–water partition coefficient (Wildman–Crippen LogP) is 4.61. The van der Waals surface area contributed by atoms with Gasteiger partial charge in [0.25, 0.3) is 0 Å². The lowest BCUT2D eigenvalue weighted by atomic mass is 9.44. The van der Waals surface area contributed by atoms with Gasteiger partial charge in [-0.05, 0) is 49.7 Å². The van der Waals surface area contributed by atoms with Crippen LogP contribution in [0.15, 0.2) is 30.3 Å². The fraction of sp³-hybridized carbons (Fsp3) is 0.667. The fourth-order valence-corrected chi connectivity index (χ4v) is 8.24. The number of Topliss-reactive ketones (excluding diaryl/α,β-unsaturated/α-hetero) is 1. The van der Waals surface area contributed by atoms with Gasteiger partial charge in [-0.15, -0.1) is 0 Å². The van der Waals surface area contributed by atoms with Crippen molar-refractivity contribution in [3.8, 4) is 0 Å². The Morgan fingerprint density at radius 2 is 1.96 bits per heavy atom. The molecule has 1 aromatic carbocycles. The minimum Gasteiger partial charge on any atom is -0.315 e. The van der Waals surface area contributed by atoms with E-state index < -0.39 is 14.1 Å². The Hall–Kier alpha value is -0.960. The molecular formula is C21H29N2O2P. The number of hydrogen-bond donors (Lipinski definition) is 0. The number of nitrogens with zero attached hydrogens (tertiary/aromatic N) is 2. The molecule has 1 aromatic rings. The van der Waals surface area contributed by atoms with Crippen LogP contribution in [0, 0.1) is 17.3 Å². The maximum Gasteiger partial charge on any atom is 0.219 e. The number of benzene rings is 1. The van der Waals surface area contributed by atoms with Crippen molar-refractivity contribution in [1.29, 1.82) is 0 Å². The molecule has 2 bridgehead atoms. The molecule has 0 amide bonds. The molecule has 140 valence electrons. The molecule has 26 heavy (non-hydrogen) atoms. The molecule has 5 heteroatoms. The van der Waals surface area contributed by atoms with Crippen LogP contribution in [0.4, 0.5) is 5.69 Å². The molecule has 5 aliphatic rings. The first-order chi connectivity index (χ1) is 12.4. The van der Waals surface area contributed by atoms with Crippen molar-refractivity contribution in [2.45, 2.75) is 58.1 Å². The maximum absolute atomic E-state index is 13.0. The molecule has 4 nitrogen and oxygen atoms in total. The zero-order chi connectivity index (χ0) is 18.1. The Balaban J connectivity index is 1.47. The van der Waals surface area contributed by atoms with Gasteiger partial charge < -0.3 is 9.19 Å². The van der Waals surface area contributed by atoms with Crippen LogP contribution in [0.2, 0.25) is 0 Å². The summed E-state index contributed by atoms with van der Waals surface area (Å²) in [5, 5.41) is 0. The third kappa shape index (κ3) is 2.28. The van der Waals surface area contributed by atoms with Crippen LogP contribution in [0.3, 0.4) is 0 Å². The first-order valence-electron chi connectivity index (χ1n) is 10.0. The van der Waals surface area contributed by atoms with Crippen molar-refractivity contribution in [2.75, 3.05) is 17.8 Å². The van der Waals surface area contributed by atoms with Gasteiger partial charge in [0, 0.05) is 37.2 Å². The summed E-state index contributed by atoms with van der Waals surface area (Å²) in [6, 6.07) is 11.2. The summed E-state index contributed by atoms with van der Waals surface area (Å²) in [7, 11) is -0.921. The third-order valence-electron chi connectivity index (χ3n) is 7.60. The molecule has 6 rings (SSSR count). The summed E-state index contributed by atoms with van der Waals surface area (Å²) in [5.41, 5.74) is 0.819. The summed E-state index contributed by atoms with van der Waals surface area (Å²) < 4.78 is 11.9. The largest absolute Gasteiger partial charge is 0.315 e. The number of anilines is 1. The van der Waals surface area contributed by atoms with E-state index in [1.165, 1.54) is 18.5 Å². The number of fused-ring (bicyclic) bond motifs is 3. The van der Waals surface area contributed by atoms with Gasteiger partial charge in [-0.1, -0.05) is 32.0 Å². The van der Waals surface area contributed by atoms with E-state index in [2.05, 4.69) is 60.4 Å². The number of carbonyl (C=O) groups is 1. The highest BCUT2D eigenvalue weighted by Gasteiger charge is 2.65. The van der Waals surface area contributed by atoms with Crippen LogP contribution in [0.5, 0.6) is 0 Å². The van der Waals surface area contributed by atoms with Crippen molar-refractivity contribution in [2.24, 2.45) is 17.3 Å². The molecule has 0 N–H and O–H groups in total. The Labute approximate surface area is 157 Å². The zero-order valence-electron chi connectivity index (χ0n) is 16.0. The summed E-state index contributed by atoms with van der Waals surface area (Å²) in [5.74, 6) is 1.23. The molecular weight excluding hydrogens is 343 g/mol. The lowest BCUT2D eigenvalue weighted by molar-refractivity contribution is -0.188. The van der Waals surface area contributed by atoms with Crippen LogP contribution >= 0.6 is 8.45 Å². The number of hydrogen-bond acceptors (Lipinski definition) is 4. The Kier molecular flexibility index (Phi) is 3.81. The first-order valence-corrected chi connectivity index (χ1v) is 11.2. The van der Waals surface area contributed by atoms with Crippen molar-refractivity contribution in [3.63, 3.8) is 0 Å². The predicted molar refractivity (Wildman–Crippen MR) is 105 cm³/mol. The average molecular weight is 372 g/mol. The van der Waals surface area contributed by atoms with Crippen molar-refractivity contribution in [3.05, 3.63) is 30.3 Å². The van der Waals surface area contributed by atoms with E-state index in [9.17, 15) is 4.79 Å². The maximum atomic E-state index is 13.0. The van der Waals surface area contributed by atoms with E-state index in [0.717, 1.165) is 19.5 Å². The normalized spacial score (nSPS) is 41.2. The Morgan fingerprint density at radius 1 is 1.19 bits per heavy atom. The summed E-state index contributed by atoms with van der Waals surface area (Å²) in [6.45, 7) is 8.87. The van der Waals surface area contributed by atoms with Crippen LogP contribution in [-0.2, 0) is 9.32 Å². The smallest absolute Gasteiger partial charge is 0.219 e. The second kappa shape index (κ2) is 5.77. The van der Waals surface area contributed by atoms with Gasteiger partial charge >= 0.3 is 0 Å². The standard InChI is InChI=1S/C21H29N2O2P/c1-20(2)15-12-18(20)21(3,19(24)13-15)25-26-22-11-7-10-17(22)14-23(26)16-8-5-4-6-9-16/h4-6,8-9,15,17-18H,7,10-14H2,1-3H3/t15-,17+,18-,21-,26?/m0/s1. The van der Waals surface area contributed by atoms with Gasteiger partial charge in [0.1, 0.15) is 5.60 Å². The van der Waals surface area contributed by atoms with E-state index in [1.807, 2.05) is 0 Å². The lowest BCUT2D eigenvalue weighted by Crippen LogP contribution is -2.65. The summed E-state index contributed by atoms with van der Waals surface area (Å²) in [4.78, 5) is 13.0. The lowest BCUT2D eigenvalue weighted by Gasteiger charge is -2.63. The molecule has 3 aliphatic carbocycles. The minimum atomic E-state index is -0.921. The highest BCUT2D eigenvalue weighted by atomic mass is 31.2. The van der Waals surface area contributed by atoms with Crippen molar-refractivity contribution in [1.82, 2.24) is 4.67 Å². The highest BCUT2D eigenvalue weighted by molar-refractivity contribution is 7.52. The average Bonchev–Trinajstić information content (AvgIpc) is 3.20. The second-order valence-corrected chi connectivity index (χ2v) is 10.9. The molecule has 5 fully saturated rings. The molecule has 0 aromatic heterocycles. The summed E-state index contributed by atoms with van der Waals surface area (Å²) >= 11 is 0. The van der Waals surface area contributed by atoms with Gasteiger partial charge in [0.05, 0.1) is 0 Å². The number of para-hydroxylation sites is 1. The fourth-order valence-electron chi connectivity index (χ4n) is 5.75. The molecule has 2 heterocycles. The quantitative estimate of drug-likeness (QED) is 0.726. The van der Waals surface area contributed by atoms with Crippen LogP contribution < -0.4 is 4.67 Å². The molecule has 0 spiro atoms. The van der Waals surface area contributed by atoms with E-state index in [1.54, 1.807) is 0 Å². The van der Waals surface area contributed by atoms with Crippen molar-refractivity contribution >= 4 is 19.9 Å². The van der Waals surface area contributed by atoms with Gasteiger partial charge in [0.15, 0.2) is 5.78 Å². The van der Waals surface area contributed by atoms with E-state index in [-0.39, 0.29) is 5.41 Å².